The summed E-state index contributed by atoms with van der Waals surface area (Å²) in [6.07, 6.45) is 1.31. The van der Waals surface area contributed by atoms with E-state index in [2.05, 4.69) is 0 Å². The van der Waals surface area contributed by atoms with Crippen molar-refractivity contribution in [2.24, 2.45) is 0 Å². The third kappa shape index (κ3) is 1.91. The first-order chi connectivity index (χ1) is 7.70. The first-order valence-electron chi connectivity index (χ1n) is 5.29. The lowest BCUT2D eigenvalue weighted by molar-refractivity contribution is -0.141. The Labute approximate surface area is 93.5 Å². The van der Waals surface area contributed by atoms with E-state index < -0.39 is 12.0 Å². The highest BCUT2D eigenvalue weighted by Gasteiger charge is 2.34. The van der Waals surface area contributed by atoms with Crippen molar-refractivity contribution in [2.45, 2.75) is 18.9 Å². The lowest BCUT2D eigenvalue weighted by atomic mass is 10.1. The third-order valence-corrected chi connectivity index (χ3v) is 2.82. The molecule has 84 valence electrons. The van der Waals surface area contributed by atoms with Gasteiger partial charge in [-0.1, -0.05) is 18.2 Å². The van der Waals surface area contributed by atoms with E-state index in [1.807, 2.05) is 6.07 Å². The number of hydrogen-bond donors (Lipinski definition) is 1. The molecule has 1 aliphatic heterocycles. The summed E-state index contributed by atoms with van der Waals surface area (Å²) < 4.78 is 0. The maximum atomic E-state index is 12.0. The lowest BCUT2D eigenvalue weighted by Crippen LogP contribution is -2.40. The first-order valence-corrected chi connectivity index (χ1v) is 5.29. The highest BCUT2D eigenvalue weighted by Crippen LogP contribution is 2.20. The molecule has 1 amide bonds. The second kappa shape index (κ2) is 4.35. The van der Waals surface area contributed by atoms with Crippen molar-refractivity contribution in [3.05, 3.63) is 35.9 Å². The fraction of sp³-hybridized carbons (Fsp3) is 0.333. The molecule has 4 heteroatoms. The minimum absolute atomic E-state index is 0.189. The zero-order chi connectivity index (χ0) is 11.5. The Morgan fingerprint density at radius 2 is 1.94 bits per heavy atom. The van der Waals surface area contributed by atoms with Crippen molar-refractivity contribution < 1.29 is 14.7 Å². The minimum atomic E-state index is -0.915. The van der Waals surface area contributed by atoms with Gasteiger partial charge in [0.15, 0.2) is 0 Å². The average molecular weight is 219 g/mol. The normalized spacial score (nSPS) is 19.8. The Bertz CT molecular complexity index is 402. The Balaban J connectivity index is 2.19. The van der Waals surface area contributed by atoms with Gasteiger partial charge in [-0.3, -0.25) is 4.79 Å². The molecule has 1 heterocycles. The van der Waals surface area contributed by atoms with Crippen LogP contribution in [0.2, 0.25) is 0 Å². The topological polar surface area (TPSA) is 57.6 Å². The van der Waals surface area contributed by atoms with Crippen LogP contribution in [0.1, 0.15) is 23.2 Å². The monoisotopic (exact) mass is 219 g/mol. The molecule has 0 bridgehead atoms. The molecule has 1 atom stereocenters. The quantitative estimate of drug-likeness (QED) is 0.817. The van der Waals surface area contributed by atoms with Gasteiger partial charge >= 0.3 is 5.97 Å². The number of carbonyl (C=O) groups excluding carboxylic acids is 1. The second-order valence-electron chi connectivity index (χ2n) is 3.86. The number of amides is 1. The predicted octanol–water partition coefficient (Wildman–Crippen LogP) is 1.38. The number of carboxylic acids is 1. The number of likely N-dealkylation sites (tertiary alicyclic amines) is 1. The first kappa shape index (κ1) is 10.7. The predicted molar refractivity (Wildman–Crippen MR) is 58.1 cm³/mol. The molecule has 0 spiro atoms. The Hall–Kier alpha value is -1.84. The molecular weight excluding hydrogens is 206 g/mol. The zero-order valence-electron chi connectivity index (χ0n) is 8.80. The lowest BCUT2D eigenvalue weighted by Gasteiger charge is -2.21. The summed E-state index contributed by atoms with van der Waals surface area (Å²) >= 11 is 0. The van der Waals surface area contributed by atoms with Crippen LogP contribution in [0.3, 0.4) is 0 Å². The van der Waals surface area contributed by atoms with Crippen molar-refractivity contribution in [2.75, 3.05) is 6.54 Å². The van der Waals surface area contributed by atoms with Crippen LogP contribution in [0.25, 0.3) is 0 Å². The largest absolute Gasteiger partial charge is 0.480 e. The fourth-order valence-electron chi connectivity index (χ4n) is 2.01. The van der Waals surface area contributed by atoms with Crippen LogP contribution in [-0.4, -0.2) is 34.5 Å². The van der Waals surface area contributed by atoms with Gasteiger partial charge in [-0.05, 0) is 25.0 Å². The van der Waals surface area contributed by atoms with Crippen LogP contribution >= 0.6 is 0 Å². The Kier molecular flexibility index (Phi) is 2.90. The molecule has 4 nitrogen and oxygen atoms in total. The van der Waals surface area contributed by atoms with E-state index >= 15 is 0 Å². The highest BCUT2D eigenvalue weighted by molar-refractivity contribution is 5.96. The molecular formula is C12H13NO3. The van der Waals surface area contributed by atoms with Crippen molar-refractivity contribution in [1.29, 1.82) is 0 Å². The summed E-state index contributed by atoms with van der Waals surface area (Å²) in [5, 5.41) is 8.99. The molecule has 0 saturated carbocycles. The number of aliphatic carboxylic acids is 1. The SMILES string of the molecule is O=C(O)C1CCCN1C(=O)c1ccccc1. The molecule has 1 N–H and O–H groups in total. The summed E-state index contributed by atoms with van der Waals surface area (Å²) in [5.74, 6) is -1.10. The molecule has 1 aromatic carbocycles. The van der Waals surface area contributed by atoms with Crippen molar-refractivity contribution in [1.82, 2.24) is 4.90 Å². The van der Waals surface area contributed by atoms with Crippen molar-refractivity contribution in [3.63, 3.8) is 0 Å². The zero-order valence-corrected chi connectivity index (χ0v) is 8.80. The number of carbonyl (C=O) groups is 2. The van der Waals surface area contributed by atoms with E-state index in [0.29, 0.717) is 18.5 Å². The fourth-order valence-corrected chi connectivity index (χ4v) is 2.01. The van der Waals surface area contributed by atoms with E-state index in [9.17, 15) is 9.59 Å². The number of hydrogen-bond acceptors (Lipinski definition) is 2. The Morgan fingerprint density at radius 3 is 2.56 bits per heavy atom. The van der Waals surface area contributed by atoms with E-state index in [4.69, 9.17) is 5.11 Å². The van der Waals surface area contributed by atoms with Gasteiger partial charge < -0.3 is 10.0 Å². The van der Waals surface area contributed by atoms with Gasteiger partial charge in [0.05, 0.1) is 0 Å². The highest BCUT2D eigenvalue weighted by atomic mass is 16.4. The molecule has 1 aromatic rings. The molecule has 16 heavy (non-hydrogen) atoms. The summed E-state index contributed by atoms with van der Waals surface area (Å²) in [7, 11) is 0. The van der Waals surface area contributed by atoms with E-state index in [-0.39, 0.29) is 5.91 Å². The Morgan fingerprint density at radius 1 is 1.25 bits per heavy atom. The molecule has 0 aliphatic carbocycles. The summed E-state index contributed by atoms with van der Waals surface area (Å²) in [5.41, 5.74) is 0.552. The van der Waals surface area contributed by atoms with Crippen LogP contribution in [-0.2, 0) is 4.79 Å². The number of carboxylic acid groups (broad SMARTS) is 1. The molecule has 1 unspecified atom stereocenters. The summed E-state index contributed by atoms with van der Waals surface area (Å²) in [6, 6.07) is 8.14. The van der Waals surface area contributed by atoms with Gasteiger partial charge in [-0.25, -0.2) is 4.79 Å². The second-order valence-corrected chi connectivity index (χ2v) is 3.86. The number of nitrogens with zero attached hydrogens (tertiary/aromatic N) is 1. The molecule has 2 rings (SSSR count). The molecule has 0 radical (unpaired) electrons. The van der Waals surface area contributed by atoms with Gasteiger partial charge in [0.1, 0.15) is 6.04 Å². The minimum Gasteiger partial charge on any atom is -0.480 e. The van der Waals surface area contributed by atoms with E-state index in [1.54, 1.807) is 24.3 Å². The van der Waals surface area contributed by atoms with Crippen molar-refractivity contribution in [3.8, 4) is 0 Å². The van der Waals surface area contributed by atoms with Gasteiger partial charge in [0, 0.05) is 12.1 Å². The van der Waals surface area contributed by atoms with E-state index in [1.165, 1.54) is 4.90 Å². The summed E-state index contributed by atoms with van der Waals surface area (Å²) in [4.78, 5) is 24.4. The molecule has 1 aliphatic rings. The van der Waals surface area contributed by atoms with Gasteiger partial charge in [-0.15, -0.1) is 0 Å². The standard InChI is InChI=1S/C12H13NO3/c14-11(9-5-2-1-3-6-9)13-8-4-7-10(13)12(15)16/h1-3,5-6,10H,4,7-8H2,(H,15,16). The van der Waals surface area contributed by atoms with Crippen LogP contribution in [0, 0.1) is 0 Å². The number of benzene rings is 1. The number of rotatable bonds is 2. The van der Waals surface area contributed by atoms with Crippen LogP contribution < -0.4 is 0 Å². The molecule has 1 saturated heterocycles. The van der Waals surface area contributed by atoms with Crippen LogP contribution in [0.4, 0.5) is 0 Å². The van der Waals surface area contributed by atoms with Gasteiger partial charge in [0.2, 0.25) is 0 Å². The van der Waals surface area contributed by atoms with Crippen molar-refractivity contribution >= 4 is 11.9 Å². The van der Waals surface area contributed by atoms with Crippen LogP contribution in [0.5, 0.6) is 0 Å². The molecule has 1 fully saturated rings. The third-order valence-electron chi connectivity index (χ3n) is 2.82. The smallest absolute Gasteiger partial charge is 0.326 e. The summed E-state index contributed by atoms with van der Waals surface area (Å²) in [6.45, 7) is 0.532. The maximum absolute atomic E-state index is 12.0. The van der Waals surface area contributed by atoms with Gasteiger partial charge in [-0.2, -0.15) is 0 Å². The average Bonchev–Trinajstić information content (AvgIpc) is 2.78. The van der Waals surface area contributed by atoms with E-state index in [0.717, 1.165) is 6.42 Å². The maximum Gasteiger partial charge on any atom is 0.326 e. The van der Waals surface area contributed by atoms with Crippen LogP contribution in [0.15, 0.2) is 30.3 Å². The molecule has 0 aromatic heterocycles. The van der Waals surface area contributed by atoms with Gasteiger partial charge in [0.25, 0.3) is 5.91 Å².